The monoisotopic (exact) mass is 521 g/mol. The number of guanidine groups is 1. The topological polar surface area (TPSA) is 69.8 Å². The van der Waals surface area contributed by atoms with Crippen LogP contribution in [0.15, 0.2) is 50.5 Å². The number of aryl methyl sites for hydroxylation is 1. The smallest absolute Gasteiger partial charge is 0.191 e. The molecule has 0 aliphatic rings. The minimum atomic E-state index is -1.10. The molecule has 0 bridgehead atoms. The van der Waals surface area contributed by atoms with E-state index in [2.05, 4.69) is 50.6 Å². The van der Waals surface area contributed by atoms with Crippen molar-refractivity contribution in [2.45, 2.75) is 32.9 Å². The fourth-order valence-electron chi connectivity index (χ4n) is 2.27. The summed E-state index contributed by atoms with van der Waals surface area (Å²) in [5, 5.41) is 16.9. The van der Waals surface area contributed by atoms with Gasteiger partial charge in [0, 0.05) is 11.0 Å². The van der Waals surface area contributed by atoms with Gasteiger partial charge in [0.05, 0.1) is 19.4 Å². The summed E-state index contributed by atoms with van der Waals surface area (Å²) in [6.45, 7) is 7.39. The minimum Gasteiger partial charge on any atom is -0.466 e. The van der Waals surface area contributed by atoms with Gasteiger partial charge >= 0.3 is 0 Å². The van der Waals surface area contributed by atoms with Crippen LogP contribution < -0.4 is 10.6 Å². The van der Waals surface area contributed by atoms with Crippen molar-refractivity contribution in [1.82, 2.24) is 10.6 Å². The summed E-state index contributed by atoms with van der Waals surface area (Å²) in [7, 11) is 0. The molecule has 1 aromatic heterocycles. The van der Waals surface area contributed by atoms with Gasteiger partial charge < -0.3 is 20.2 Å². The van der Waals surface area contributed by atoms with Crippen LogP contribution in [-0.2, 0) is 12.1 Å². The van der Waals surface area contributed by atoms with Crippen LogP contribution in [0.1, 0.15) is 30.7 Å². The predicted octanol–water partition coefficient (Wildman–Crippen LogP) is 3.93. The first-order valence-electron chi connectivity index (χ1n) is 7.96. The van der Waals surface area contributed by atoms with E-state index >= 15 is 0 Å². The highest BCUT2D eigenvalue weighted by atomic mass is 127. The van der Waals surface area contributed by atoms with Gasteiger partial charge in [-0.2, -0.15) is 0 Å². The maximum atomic E-state index is 10.5. The van der Waals surface area contributed by atoms with Crippen LogP contribution in [0, 0.1) is 6.92 Å². The zero-order chi connectivity index (χ0) is 17.6. The third-order valence-electron chi connectivity index (χ3n) is 3.71. The van der Waals surface area contributed by atoms with Gasteiger partial charge in [0.1, 0.15) is 11.4 Å². The number of nitrogens with zero attached hydrogens (tertiary/aromatic N) is 1. The molecule has 0 aliphatic carbocycles. The molecule has 0 spiro atoms. The highest BCUT2D eigenvalue weighted by molar-refractivity contribution is 14.0. The Morgan fingerprint density at radius 3 is 2.68 bits per heavy atom. The molecule has 0 radical (unpaired) electrons. The molecular formula is C18H25BrIN3O2. The Labute approximate surface area is 174 Å². The van der Waals surface area contributed by atoms with E-state index in [0.29, 0.717) is 24.8 Å². The van der Waals surface area contributed by atoms with Crippen molar-refractivity contribution in [3.05, 3.63) is 58.0 Å². The summed E-state index contributed by atoms with van der Waals surface area (Å²) < 4.78 is 6.35. The van der Waals surface area contributed by atoms with E-state index in [1.807, 2.05) is 13.0 Å². The molecule has 3 N–H and O–H groups in total. The molecule has 1 aromatic carbocycles. The van der Waals surface area contributed by atoms with Gasteiger partial charge in [0.25, 0.3) is 0 Å². The Morgan fingerprint density at radius 2 is 2.08 bits per heavy atom. The maximum Gasteiger partial charge on any atom is 0.191 e. The molecule has 0 amide bonds. The molecule has 5 nitrogen and oxygen atoms in total. The van der Waals surface area contributed by atoms with Gasteiger partial charge in [0.2, 0.25) is 0 Å². The Kier molecular flexibility index (Phi) is 8.95. The number of furan rings is 1. The van der Waals surface area contributed by atoms with Crippen LogP contribution in [0.2, 0.25) is 0 Å². The lowest BCUT2D eigenvalue weighted by molar-refractivity contribution is 0.0386. The maximum absolute atomic E-state index is 10.5. The largest absolute Gasteiger partial charge is 0.466 e. The lowest BCUT2D eigenvalue weighted by atomic mass is 10.0. The van der Waals surface area contributed by atoms with E-state index in [1.165, 1.54) is 5.56 Å². The molecule has 0 fully saturated rings. The second-order valence-electron chi connectivity index (χ2n) is 5.87. The third-order valence-corrected chi connectivity index (χ3v) is 4.20. The number of hydrogen-bond donors (Lipinski definition) is 3. The molecule has 0 saturated carbocycles. The van der Waals surface area contributed by atoms with Crippen molar-refractivity contribution < 1.29 is 9.52 Å². The number of benzene rings is 1. The van der Waals surface area contributed by atoms with Crippen molar-refractivity contribution in [2.75, 3.05) is 13.1 Å². The lowest BCUT2D eigenvalue weighted by Gasteiger charge is -2.22. The number of rotatable bonds is 6. The van der Waals surface area contributed by atoms with Gasteiger partial charge in [0.15, 0.2) is 5.96 Å². The van der Waals surface area contributed by atoms with E-state index in [1.54, 1.807) is 25.3 Å². The van der Waals surface area contributed by atoms with Crippen LogP contribution in [0.4, 0.5) is 0 Å². The lowest BCUT2D eigenvalue weighted by Crippen LogP contribution is -2.44. The van der Waals surface area contributed by atoms with Crippen molar-refractivity contribution in [2.24, 2.45) is 4.99 Å². The second-order valence-corrected chi connectivity index (χ2v) is 6.79. The number of aliphatic imine (C=N–C) groups is 1. The van der Waals surface area contributed by atoms with E-state index in [9.17, 15) is 5.11 Å². The quantitative estimate of drug-likeness (QED) is 0.306. The van der Waals surface area contributed by atoms with E-state index in [4.69, 9.17) is 4.42 Å². The summed E-state index contributed by atoms with van der Waals surface area (Å²) in [5.41, 5.74) is 1.24. The second kappa shape index (κ2) is 10.2. The first-order valence-corrected chi connectivity index (χ1v) is 8.75. The standard InChI is InChI=1S/C18H24BrN3O2.HI/c1-4-20-17(21-11-14-7-8-15(19)10-13(14)2)22-12-18(3,23)16-6-5-9-24-16;/h5-10,23H,4,11-12H2,1-3H3,(H2,20,21,22);1H. The van der Waals surface area contributed by atoms with Gasteiger partial charge in [-0.3, -0.25) is 0 Å². The van der Waals surface area contributed by atoms with Crippen LogP contribution in [0.3, 0.4) is 0 Å². The highest BCUT2D eigenvalue weighted by Gasteiger charge is 2.26. The summed E-state index contributed by atoms with van der Waals surface area (Å²) in [5.74, 6) is 1.18. The Balaban J connectivity index is 0.00000312. The number of hydrogen-bond acceptors (Lipinski definition) is 3. The fourth-order valence-corrected chi connectivity index (χ4v) is 2.75. The fraction of sp³-hybridized carbons (Fsp3) is 0.389. The highest BCUT2D eigenvalue weighted by Crippen LogP contribution is 2.20. The molecule has 2 rings (SSSR count). The van der Waals surface area contributed by atoms with Crippen molar-refractivity contribution in [1.29, 1.82) is 0 Å². The Bertz CT molecular complexity index is 688. The van der Waals surface area contributed by atoms with Crippen molar-refractivity contribution >= 4 is 45.9 Å². The molecular weight excluding hydrogens is 497 g/mol. The van der Waals surface area contributed by atoms with Gasteiger partial charge in [-0.25, -0.2) is 4.99 Å². The van der Waals surface area contributed by atoms with E-state index in [0.717, 1.165) is 16.6 Å². The Morgan fingerprint density at radius 1 is 1.32 bits per heavy atom. The van der Waals surface area contributed by atoms with E-state index in [-0.39, 0.29) is 24.0 Å². The molecule has 1 unspecified atom stereocenters. The normalized spacial score (nSPS) is 13.7. The van der Waals surface area contributed by atoms with Gasteiger partial charge in [-0.05, 0) is 56.2 Å². The van der Waals surface area contributed by atoms with Crippen LogP contribution in [0.5, 0.6) is 0 Å². The first-order chi connectivity index (χ1) is 11.4. The molecule has 25 heavy (non-hydrogen) atoms. The van der Waals surface area contributed by atoms with E-state index < -0.39 is 5.60 Å². The molecule has 1 heterocycles. The summed E-state index contributed by atoms with van der Waals surface area (Å²) >= 11 is 3.47. The number of halogens is 2. The van der Waals surface area contributed by atoms with Gasteiger partial charge in [-0.1, -0.05) is 22.0 Å². The average molecular weight is 522 g/mol. The third kappa shape index (κ3) is 6.63. The zero-order valence-corrected chi connectivity index (χ0v) is 18.6. The minimum absolute atomic E-state index is 0. The van der Waals surface area contributed by atoms with Gasteiger partial charge in [-0.15, -0.1) is 24.0 Å². The SMILES string of the molecule is CCNC(=NCc1ccc(Br)cc1C)NCC(C)(O)c1ccco1.I. The summed E-state index contributed by atoms with van der Waals surface area (Å²) in [6.07, 6.45) is 1.55. The van der Waals surface area contributed by atoms with Crippen LogP contribution >= 0.6 is 39.9 Å². The van der Waals surface area contributed by atoms with Crippen molar-refractivity contribution in [3.8, 4) is 0 Å². The molecule has 1 atom stereocenters. The zero-order valence-electron chi connectivity index (χ0n) is 14.7. The predicted molar refractivity (Wildman–Crippen MR) is 115 cm³/mol. The average Bonchev–Trinajstić information content (AvgIpc) is 3.07. The Hall–Kier alpha value is -1.06. The van der Waals surface area contributed by atoms with Crippen LogP contribution in [-0.4, -0.2) is 24.2 Å². The molecule has 0 saturated heterocycles. The molecule has 2 aromatic rings. The number of aliphatic hydroxyl groups is 1. The van der Waals surface area contributed by atoms with Crippen LogP contribution in [0.25, 0.3) is 0 Å². The summed E-state index contributed by atoms with van der Waals surface area (Å²) in [4.78, 5) is 4.60. The molecule has 138 valence electrons. The number of nitrogens with one attached hydrogen (secondary N) is 2. The first kappa shape index (κ1) is 22.0. The molecule has 0 aliphatic heterocycles. The molecule has 7 heteroatoms. The van der Waals surface area contributed by atoms with Crippen molar-refractivity contribution in [3.63, 3.8) is 0 Å². The summed E-state index contributed by atoms with van der Waals surface area (Å²) in [6, 6.07) is 9.68.